The van der Waals surface area contributed by atoms with Gasteiger partial charge < -0.3 is 35.8 Å². The number of ether oxygens (including phenoxy) is 2. The molecule has 0 aliphatic carbocycles. The molecule has 170 valence electrons. The topological polar surface area (TPSA) is 212 Å². The Hall–Kier alpha value is -0.327. The summed E-state index contributed by atoms with van der Waals surface area (Å²) in [7, 11) is -8.54. The Morgan fingerprint density at radius 3 is 1.29 bits per heavy atom. The summed E-state index contributed by atoms with van der Waals surface area (Å²) < 4.78 is 95.3. The molecule has 0 amide bonds. The zero-order valence-corrected chi connectivity index (χ0v) is 25.6. The Kier molecular flexibility index (Phi) is 9.30. The largest absolute Gasteiger partial charge is 1.00 e. The quantitative estimate of drug-likeness (QED) is 0.0699. The summed E-state index contributed by atoms with van der Waals surface area (Å²) in [6.07, 6.45) is 0. The maximum absolute atomic E-state index is 12.6. The van der Waals surface area contributed by atoms with Crippen LogP contribution < -0.4 is 132 Å². The Balaban J connectivity index is 0.00000204. The summed E-state index contributed by atoms with van der Waals surface area (Å²) in [5.41, 5.74) is -3.28. The van der Waals surface area contributed by atoms with E-state index in [0.29, 0.717) is 0 Å². The molecule has 0 radical (unpaired) electrons. The molecule has 4 aromatic rings. The number of hydrogen-bond donors (Lipinski definition) is 0. The first-order valence-corrected chi connectivity index (χ1v) is 10.8. The van der Waals surface area contributed by atoms with Gasteiger partial charge in [-0.25, -0.2) is 26.4 Å². The molecular formula is C16H8K2O14S2. The average Bonchev–Trinajstić information content (AvgIpc) is 2.64. The van der Waals surface area contributed by atoms with Crippen LogP contribution in [0.4, 0.5) is 0 Å². The van der Waals surface area contributed by atoms with E-state index in [-0.39, 0.29) is 124 Å². The average molecular weight is 567 g/mol. The van der Waals surface area contributed by atoms with Gasteiger partial charge in [0.1, 0.15) is 0 Å². The summed E-state index contributed by atoms with van der Waals surface area (Å²) in [6.45, 7) is 0. The van der Waals surface area contributed by atoms with Crippen LogP contribution in [0.25, 0.3) is 32.7 Å². The Morgan fingerprint density at radius 2 is 1.03 bits per heavy atom. The smallest absolute Gasteiger partial charge is 0.716 e. The predicted molar refractivity (Wildman–Crippen MR) is 101 cm³/mol. The zero-order chi connectivity index (χ0) is 23.6. The second-order valence-corrected chi connectivity index (χ2v) is 8.05. The van der Waals surface area contributed by atoms with Crippen LogP contribution in [0.15, 0.2) is 30.6 Å². The van der Waals surface area contributed by atoms with Crippen molar-refractivity contribution in [2.75, 3.05) is 14.2 Å². The van der Waals surface area contributed by atoms with Gasteiger partial charge in [0.05, 0.1) is 25.0 Å². The summed E-state index contributed by atoms with van der Waals surface area (Å²) in [5, 5.41) is -1.03. The first-order valence-electron chi connectivity index (χ1n) is 8.10. The van der Waals surface area contributed by atoms with Gasteiger partial charge in [0.25, 0.3) is 20.8 Å². The summed E-state index contributed by atoms with van der Waals surface area (Å²) >= 11 is 0. The van der Waals surface area contributed by atoms with Gasteiger partial charge in [-0.05, 0) is 0 Å². The second-order valence-electron chi connectivity index (χ2n) is 6.08. The zero-order valence-electron chi connectivity index (χ0n) is 17.7. The van der Waals surface area contributed by atoms with Crippen molar-refractivity contribution < 1.29 is 155 Å². The molecule has 4 rings (SSSR count). The Morgan fingerprint density at radius 1 is 0.706 bits per heavy atom. The first-order chi connectivity index (χ1) is 14.8. The minimum absolute atomic E-state index is 0. The molecule has 0 saturated carbocycles. The number of benzene rings is 2. The molecule has 0 bridgehead atoms. The molecule has 14 nitrogen and oxygen atoms in total. The van der Waals surface area contributed by atoms with E-state index >= 15 is 0 Å². The fourth-order valence-electron chi connectivity index (χ4n) is 3.27. The molecular weight excluding hydrogens is 558 g/mol. The van der Waals surface area contributed by atoms with Crippen molar-refractivity contribution in [3.8, 4) is 23.0 Å². The van der Waals surface area contributed by atoms with Crippen molar-refractivity contribution in [3.05, 3.63) is 33.0 Å². The number of hydrogen-bond acceptors (Lipinski definition) is 14. The molecule has 34 heavy (non-hydrogen) atoms. The molecule has 0 aliphatic rings. The van der Waals surface area contributed by atoms with Crippen LogP contribution in [0.2, 0.25) is 0 Å². The van der Waals surface area contributed by atoms with Crippen LogP contribution in [0, 0.1) is 0 Å². The van der Waals surface area contributed by atoms with E-state index in [2.05, 4.69) is 8.37 Å². The molecule has 0 aliphatic heterocycles. The Bertz CT molecular complexity index is 1610. The van der Waals surface area contributed by atoms with E-state index < -0.39 is 66.2 Å². The maximum Gasteiger partial charge on any atom is 1.00 e. The maximum atomic E-state index is 12.6. The van der Waals surface area contributed by atoms with E-state index in [0.717, 1.165) is 26.4 Å². The van der Waals surface area contributed by atoms with Crippen molar-refractivity contribution in [2.45, 2.75) is 0 Å². The van der Waals surface area contributed by atoms with E-state index in [9.17, 15) is 35.5 Å². The van der Waals surface area contributed by atoms with Crippen molar-refractivity contribution in [1.82, 2.24) is 0 Å². The number of rotatable bonds is 6. The second kappa shape index (κ2) is 10.6. The van der Waals surface area contributed by atoms with E-state index in [1.54, 1.807) is 0 Å². The van der Waals surface area contributed by atoms with Gasteiger partial charge >= 0.3 is 114 Å². The molecule has 2 aromatic heterocycles. The molecule has 0 N–H and O–H groups in total. The van der Waals surface area contributed by atoms with Gasteiger partial charge in [-0.1, -0.05) is 0 Å². The summed E-state index contributed by atoms with van der Waals surface area (Å²) in [4.78, 5) is 25.3. The van der Waals surface area contributed by atoms with Gasteiger partial charge in [0, 0.05) is 22.9 Å². The minimum atomic E-state index is -5.32. The Labute approximate surface area is 274 Å². The molecule has 0 fully saturated rings. The van der Waals surface area contributed by atoms with Gasteiger partial charge in [-0.15, -0.1) is 0 Å². The monoisotopic (exact) mass is 566 g/mol. The minimum Gasteiger partial charge on any atom is -0.716 e. The molecule has 0 atom stereocenters. The van der Waals surface area contributed by atoms with Crippen molar-refractivity contribution in [3.63, 3.8) is 0 Å². The standard InChI is InChI=1S/C16H10O14S2.2K/c1-25-11-7(29-31(19,20)21)3-5-9-10-6(15(17)27-13(9)11)4-8(30-32(22,23)24)12(26-2)14(10)28-16(5)18;;/h3-4H,1-2H3,(H,19,20,21)(H,22,23,24);;/q;2*+1/p-2. The molecule has 18 heteroatoms. The first kappa shape index (κ1) is 29.9. The van der Waals surface area contributed by atoms with Crippen LogP contribution in [-0.4, -0.2) is 40.2 Å². The van der Waals surface area contributed by atoms with Crippen molar-refractivity contribution in [1.29, 1.82) is 0 Å². The molecule has 0 unspecified atom stereocenters. The fraction of sp³-hybridized carbons (Fsp3) is 0.125. The van der Waals surface area contributed by atoms with Crippen LogP contribution in [0.5, 0.6) is 23.0 Å². The third kappa shape index (κ3) is 5.49. The van der Waals surface area contributed by atoms with Gasteiger partial charge in [-0.3, -0.25) is 0 Å². The third-order valence-electron chi connectivity index (χ3n) is 4.27. The molecule has 2 heterocycles. The summed E-state index contributed by atoms with van der Waals surface area (Å²) in [6, 6.07) is 1.64. The fourth-order valence-corrected chi connectivity index (χ4v) is 3.96. The van der Waals surface area contributed by atoms with Gasteiger partial charge in [-0.2, -0.15) is 0 Å². The SMILES string of the molecule is COc1c(OS(=O)(=O)[O-])cc2c(=O)oc3c(OC)c(OS(=O)(=O)[O-])cc4c(=O)oc1c2c34.[K+].[K+]. The predicted octanol–water partition coefficient (Wildman–Crippen LogP) is -5.81. The number of methoxy groups -OCH3 is 2. The van der Waals surface area contributed by atoms with E-state index in [4.69, 9.17) is 18.3 Å². The molecule has 0 saturated heterocycles. The van der Waals surface area contributed by atoms with Gasteiger partial charge in [0.2, 0.25) is 11.5 Å². The van der Waals surface area contributed by atoms with Crippen LogP contribution in [0.1, 0.15) is 0 Å². The van der Waals surface area contributed by atoms with Crippen molar-refractivity contribution >= 4 is 53.5 Å². The van der Waals surface area contributed by atoms with Crippen molar-refractivity contribution in [2.24, 2.45) is 0 Å². The molecule has 2 aromatic carbocycles. The van der Waals surface area contributed by atoms with Gasteiger partial charge in [0.15, 0.2) is 22.7 Å². The third-order valence-corrected chi connectivity index (χ3v) is 5.04. The van der Waals surface area contributed by atoms with E-state index in [1.165, 1.54) is 0 Å². The molecule has 0 spiro atoms. The normalized spacial score (nSPS) is 11.8. The van der Waals surface area contributed by atoms with Crippen LogP contribution >= 0.6 is 0 Å². The summed E-state index contributed by atoms with van der Waals surface area (Å²) in [5.74, 6) is -2.52. The van der Waals surface area contributed by atoms with Crippen LogP contribution in [-0.2, 0) is 20.8 Å². The van der Waals surface area contributed by atoms with E-state index in [1.807, 2.05) is 0 Å². The van der Waals surface area contributed by atoms with Crippen LogP contribution in [0.3, 0.4) is 0 Å².